The summed E-state index contributed by atoms with van der Waals surface area (Å²) in [5, 5.41) is 17.3. The quantitative estimate of drug-likeness (QED) is 0.283. The standard InChI is InChI=1S/C19H23N5O3/c1-11(10-23-17(25)12-7-5-6-8-13(12)18(23)26)16(22-27)24-15(20)9-14(21-24)19(2,3)4/h5-9,11,27H,10,20H2,1-4H3/b22-16-. The van der Waals surface area contributed by atoms with Crippen LogP contribution in [0, 0.1) is 5.92 Å². The number of fused-ring (bicyclic) bond motifs is 1. The normalized spacial score (nSPS) is 16.0. The van der Waals surface area contributed by atoms with Gasteiger partial charge in [0.2, 0.25) is 0 Å². The van der Waals surface area contributed by atoms with Crippen molar-refractivity contribution in [2.75, 3.05) is 12.3 Å². The molecule has 0 saturated heterocycles. The van der Waals surface area contributed by atoms with Crippen molar-refractivity contribution in [3.63, 3.8) is 0 Å². The highest BCUT2D eigenvalue weighted by Crippen LogP contribution is 2.26. The molecule has 0 fully saturated rings. The smallest absolute Gasteiger partial charge is 0.261 e. The van der Waals surface area contributed by atoms with Gasteiger partial charge in [0, 0.05) is 23.9 Å². The van der Waals surface area contributed by atoms with Crippen LogP contribution in [0.15, 0.2) is 35.5 Å². The lowest BCUT2D eigenvalue weighted by Gasteiger charge is -2.20. The molecule has 27 heavy (non-hydrogen) atoms. The number of carbonyl (C=O) groups is 2. The van der Waals surface area contributed by atoms with E-state index < -0.39 is 5.92 Å². The van der Waals surface area contributed by atoms with E-state index in [9.17, 15) is 14.8 Å². The molecule has 3 rings (SSSR count). The van der Waals surface area contributed by atoms with E-state index in [4.69, 9.17) is 5.73 Å². The number of amides is 2. The lowest BCUT2D eigenvalue weighted by Crippen LogP contribution is -2.38. The number of oxime groups is 1. The average molecular weight is 369 g/mol. The van der Waals surface area contributed by atoms with Gasteiger partial charge in [-0.05, 0) is 12.1 Å². The number of imide groups is 1. The molecule has 1 atom stereocenters. The first-order valence-electron chi connectivity index (χ1n) is 8.68. The van der Waals surface area contributed by atoms with E-state index in [1.165, 1.54) is 4.68 Å². The highest BCUT2D eigenvalue weighted by molar-refractivity contribution is 6.21. The molecule has 0 radical (unpaired) electrons. The molecule has 3 N–H and O–H groups in total. The zero-order valence-corrected chi connectivity index (χ0v) is 15.8. The van der Waals surface area contributed by atoms with E-state index in [-0.39, 0.29) is 29.6 Å². The van der Waals surface area contributed by atoms with E-state index >= 15 is 0 Å². The second-order valence-corrected chi connectivity index (χ2v) is 7.74. The van der Waals surface area contributed by atoms with Gasteiger partial charge in [0.1, 0.15) is 5.82 Å². The Morgan fingerprint density at radius 1 is 1.22 bits per heavy atom. The van der Waals surface area contributed by atoms with Crippen molar-refractivity contribution in [1.29, 1.82) is 0 Å². The van der Waals surface area contributed by atoms with Gasteiger partial charge in [-0.1, -0.05) is 45.0 Å². The van der Waals surface area contributed by atoms with Gasteiger partial charge in [0.25, 0.3) is 11.8 Å². The predicted octanol–water partition coefficient (Wildman–Crippen LogP) is 2.33. The molecule has 1 aromatic heterocycles. The molecule has 2 heterocycles. The monoisotopic (exact) mass is 369 g/mol. The molecule has 8 nitrogen and oxygen atoms in total. The molecule has 2 amide bonds. The van der Waals surface area contributed by atoms with E-state index in [0.717, 1.165) is 10.6 Å². The maximum absolute atomic E-state index is 12.5. The van der Waals surface area contributed by atoms with Crippen molar-refractivity contribution in [1.82, 2.24) is 14.7 Å². The molecule has 2 aromatic rings. The first kappa shape index (κ1) is 18.6. The number of nitrogens with zero attached hydrogens (tertiary/aromatic N) is 4. The molecular weight excluding hydrogens is 346 g/mol. The fourth-order valence-electron chi connectivity index (χ4n) is 3.06. The summed E-state index contributed by atoms with van der Waals surface area (Å²) in [6, 6.07) is 8.41. The maximum Gasteiger partial charge on any atom is 0.261 e. The van der Waals surface area contributed by atoms with Crippen LogP contribution in [-0.4, -0.2) is 44.1 Å². The molecule has 0 aliphatic carbocycles. The third kappa shape index (κ3) is 3.18. The zero-order valence-electron chi connectivity index (χ0n) is 15.8. The lowest BCUT2D eigenvalue weighted by atomic mass is 9.92. The Balaban J connectivity index is 1.86. The molecule has 8 heteroatoms. The number of nitrogens with two attached hydrogens (primary N) is 1. The molecule has 0 saturated carbocycles. The lowest BCUT2D eigenvalue weighted by molar-refractivity contribution is 0.0643. The number of benzene rings is 1. The summed E-state index contributed by atoms with van der Waals surface area (Å²) in [5.74, 6) is -0.708. The van der Waals surface area contributed by atoms with Crippen LogP contribution in [0.1, 0.15) is 54.1 Å². The molecule has 1 aliphatic heterocycles. The summed E-state index contributed by atoms with van der Waals surface area (Å²) in [6.45, 7) is 7.79. The fraction of sp³-hybridized carbons (Fsp3) is 0.368. The maximum atomic E-state index is 12.5. The Morgan fingerprint density at radius 3 is 2.22 bits per heavy atom. The van der Waals surface area contributed by atoms with Gasteiger partial charge in [-0.15, -0.1) is 0 Å². The van der Waals surface area contributed by atoms with E-state index in [1.54, 1.807) is 37.3 Å². The summed E-state index contributed by atoms with van der Waals surface area (Å²) in [5.41, 5.74) is 7.32. The SMILES string of the molecule is CC(CN1C(=O)c2ccccc2C1=O)/C(=N/O)n1nc(C(C)(C)C)cc1N. The predicted molar refractivity (Wildman–Crippen MR) is 101 cm³/mol. The average Bonchev–Trinajstić information content (AvgIpc) is 3.10. The number of hydrogen-bond donors (Lipinski definition) is 2. The summed E-state index contributed by atoms with van der Waals surface area (Å²) in [4.78, 5) is 26.3. The second-order valence-electron chi connectivity index (χ2n) is 7.74. The minimum Gasteiger partial charge on any atom is -0.409 e. The zero-order chi connectivity index (χ0) is 19.9. The van der Waals surface area contributed by atoms with Gasteiger partial charge in [0.15, 0.2) is 5.84 Å². The van der Waals surface area contributed by atoms with Gasteiger partial charge < -0.3 is 10.9 Å². The van der Waals surface area contributed by atoms with Crippen LogP contribution in [0.4, 0.5) is 5.82 Å². The van der Waals surface area contributed by atoms with Gasteiger partial charge >= 0.3 is 0 Å². The van der Waals surface area contributed by atoms with Crippen molar-refractivity contribution in [2.45, 2.75) is 33.1 Å². The number of anilines is 1. The molecule has 1 unspecified atom stereocenters. The Hall–Kier alpha value is -3.16. The third-order valence-electron chi connectivity index (χ3n) is 4.60. The number of rotatable bonds is 3. The van der Waals surface area contributed by atoms with Gasteiger partial charge in [-0.2, -0.15) is 9.78 Å². The van der Waals surface area contributed by atoms with Crippen LogP contribution < -0.4 is 5.73 Å². The number of hydrogen-bond acceptors (Lipinski definition) is 6. The minimum absolute atomic E-state index is 0.0515. The summed E-state index contributed by atoms with van der Waals surface area (Å²) >= 11 is 0. The van der Waals surface area contributed by atoms with E-state index in [0.29, 0.717) is 16.9 Å². The first-order valence-corrected chi connectivity index (χ1v) is 8.68. The molecule has 1 aliphatic rings. The number of aromatic nitrogens is 2. The highest BCUT2D eigenvalue weighted by atomic mass is 16.4. The molecule has 142 valence electrons. The van der Waals surface area contributed by atoms with Gasteiger partial charge in [-0.3, -0.25) is 14.5 Å². The van der Waals surface area contributed by atoms with Crippen molar-refractivity contribution < 1.29 is 14.8 Å². The van der Waals surface area contributed by atoms with Crippen LogP contribution in [0.3, 0.4) is 0 Å². The summed E-state index contributed by atoms with van der Waals surface area (Å²) in [6.07, 6.45) is 0. The Labute approximate surface area is 157 Å². The first-order chi connectivity index (χ1) is 12.6. The summed E-state index contributed by atoms with van der Waals surface area (Å²) < 4.78 is 1.35. The van der Waals surface area contributed by atoms with Crippen LogP contribution in [0.2, 0.25) is 0 Å². The van der Waals surface area contributed by atoms with Crippen LogP contribution in [0.25, 0.3) is 0 Å². The number of nitrogen functional groups attached to an aromatic ring is 1. The van der Waals surface area contributed by atoms with E-state index in [1.807, 2.05) is 20.8 Å². The second kappa shape index (κ2) is 6.53. The number of carbonyl (C=O) groups excluding carboxylic acids is 2. The van der Waals surface area contributed by atoms with Crippen LogP contribution in [0.5, 0.6) is 0 Å². The topological polar surface area (TPSA) is 114 Å². The van der Waals surface area contributed by atoms with Gasteiger partial charge in [0.05, 0.1) is 16.8 Å². The van der Waals surface area contributed by atoms with Crippen LogP contribution in [-0.2, 0) is 5.41 Å². The molecule has 0 spiro atoms. The summed E-state index contributed by atoms with van der Waals surface area (Å²) in [7, 11) is 0. The van der Waals surface area contributed by atoms with Crippen molar-refractivity contribution >= 4 is 23.5 Å². The molecular formula is C19H23N5O3. The van der Waals surface area contributed by atoms with Crippen molar-refractivity contribution in [3.8, 4) is 0 Å². The van der Waals surface area contributed by atoms with Crippen molar-refractivity contribution in [2.24, 2.45) is 11.1 Å². The molecule has 1 aromatic carbocycles. The highest BCUT2D eigenvalue weighted by Gasteiger charge is 2.37. The Kier molecular flexibility index (Phi) is 4.51. The Bertz CT molecular complexity index is 904. The minimum atomic E-state index is -0.479. The van der Waals surface area contributed by atoms with Gasteiger partial charge in [-0.25, -0.2) is 0 Å². The third-order valence-corrected chi connectivity index (χ3v) is 4.60. The van der Waals surface area contributed by atoms with E-state index in [2.05, 4.69) is 10.3 Å². The van der Waals surface area contributed by atoms with Crippen molar-refractivity contribution in [3.05, 3.63) is 47.2 Å². The Morgan fingerprint density at radius 2 is 1.78 bits per heavy atom. The van der Waals surface area contributed by atoms with Crippen LogP contribution >= 0.6 is 0 Å². The molecule has 0 bridgehead atoms. The largest absolute Gasteiger partial charge is 0.409 e. The fourth-order valence-corrected chi connectivity index (χ4v) is 3.06.